The minimum atomic E-state index is -0.504. The van der Waals surface area contributed by atoms with Gasteiger partial charge in [-0.1, -0.05) is 19.9 Å². The molecule has 1 fully saturated rings. The Labute approximate surface area is 137 Å². The summed E-state index contributed by atoms with van der Waals surface area (Å²) in [6.45, 7) is 6.91. The summed E-state index contributed by atoms with van der Waals surface area (Å²) >= 11 is 0. The number of carbonyl (C=O) groups excluding carboxylic acids is 2. The fourth-order valence-corrected chi connectivity index (χ4v) is 2.66. The quantitative estimate of drug-likeness (QED) is 0.881. The summed E-state index contributed by atoms with van der Waals surface area (Å²) in [7, 11) is 0. The van der Waals surface area contributed by atoms with Crippen LogP contribution in [0.4, 0.5) is 5.82 Å². The number of rotatable bonds is 4. The first-order chi connectivity index (χ1) is 10.9. The van der Waals surface area contributed by atoms with Crippen LogP contribution in [0.5, 0.6) is 0 Å². The number of carbonyl (C=O) groups is 2. The summed E-state index contributed by atoms with van der Waals surface area (Å²) in [6, 6.07) is 3.19. The number of piperidine rings is 1. The van der Waals surface area contributed by atoms with E-state index >= 15 is 0 Å². The molecule has 1 saturated heterocycles. The van der Waals surface area contributed by atoms with Crippen LogP contribution in [0.25, 0.3) is 0 Å². The second-order valence-corrected chi connectivity index (χ2v) is 6.60. The molecule has 3 N–H and O–H groups in total. The molecule has 23 heavy (non-hydrogen) atoms. The summed E-state index contributed by atoms with van der Waals surface area (Å²) in [5.74, 6) is 0.273. The molecule has 6 heteroatoms. The van der Waals surface area contributed by atoms with Gasteiger partial charge in [0.15, 0.2) is 0 Å². The van der Waals surface area contributed by atoms with Crippen LogP contribution in [-0.2, 0) is 9.59 Å². The van der Waals surface area contributed by atoms with Gasteiger partial charge in [0.05, 0.1) is 12.0 Å². The van der Waals surface area contributed by atoms with Crippen molar-refractivity contribution in [3.05, 3.63) is 23.9 Å². The molecule has 0 aliphatic carbocycles. The average molecular weight is 318 g/mol. The molecule has 0 bridgehead atoms. The maximum absolute atomic E-state index is 12.4. The predicted octanol–water partition coefficient (Wildman–Crippen LogP) is 1.55. The molecule has 0 spiro atoms. The van der Waals surface area contributed by atoms with Gasteiger partial charge in [0.1, 0.15) is 5.82 Å². The molecule has 0 radical (unpaired) electrons. The van der Waals surface area contributed by atoms with E-state index in [4.69, 9.17) is 5.73 Å². The van der Waals surface area contributed by atoms with Crippen molar-refractivity contribution in [1.29, 1.82) is 0 Å². The summed E-state index contributed by atoms with van der Waals surface area (Å²) < 4.78 is 0. The maximum atomic E-state index is 12.4. The second-order valence-electron chi connectivity index (χ2n) is 6.60. The molecule has 2 heterocycles. The topological polar surface area (TPSA) is 88.3 Å². The van der Waals surface area contributed by atoms with E-state index in [9.17, 15) is 9.59 Å². The van der Waals surface area contributed by atoms with Crippen LogP contribution in [-0.4, -0.2) is 40.8 Å². The molecule has 2 amide bonds. The normalized spacial score (nSPS) is 19.5. The zero-order valence-corrected chi connectivity index (χ0v) is 14.1. The van der Waals surface area contributed by atoms with Gasteiger partial charge in [-0.15, -0.1) is 0 Å². The molecule has 6 nitrogen and oxygen atoms in total. The zero-order chi connectivity index (χ0) is 17.0. The van der Waals surface area contributed by atoms with Gasteiger partial charge in [-0.2, -0.15) is 0 Å². The SMILES string of the molecule is Cc1ccc(NC(=O)C2CCCN(C(=O)[C@@H](N)C(C)C)C2)nc1. The molecule has 2 atom stereocenters. The Hall–Kier alpha value is -1.95. The molecule has 1 aromatic rings. The van der Waals surface area contributed by atoms with E-state index in [0.29, 0.717) is 18.9 Å². The number of anilines is 1. The van der Waals surface area contributed by atoms with Crippen LogP contribution in [0.15, 0.2) is 18.3 Å². The molecule has 1 aliphatic heterocycles. The molecule has 0 aromatic carbocycles. The van der Waals surface area contributed by atoms with Gasteiger partial charge in [-0.05, 0) is 37.3 Å². The number of aromatic nitrogens is 1. The van der Waals surface area contributed by atoms with Gasteiger partial charge in [0.2, 0.25) is 11.8 Å². The van der Waals surface area contributed by atoms with E-state index in [2.05, 4.69) is 10.3 Å². The highest BCUT2D eigenvalue weighted by atomic mass is 16.2. The summed E-state index contributed by atoms with van der Waals surface area (Å²) in [5.41, 5.74) is 6.99. The molecule has 0 saturated carbocycles. The number of hydrogen-bond acceptors (Lipinski definition) is 4. The Morgan fingerprint density at radius 1 is 1.39 bits per heavy atom. The van der Waals surface area contributed by atoms with Crippen molar-refractivity contribution in [3.8, 4) is 0 Å². The smallest absolute Gasteiger partial charge is 0.239 e. The highest BCUT2D eigenvalue weighted by Gasteiger charge is 2.31. The van der Waals surface area contributed by atoms with Crippen molar-refractivity contribution in [2.75, 3.05) is 18.4 Å². The van der Waals surface area contributed by atoms with Crippen LogP contribution in [0, 0.1) is 18.8 Å². The molecule has 2 rings (SSSR count). The van der Waals surface area contributed by atoms with Crippen molar-refractivity contribution >= 4 is 17.6 Å². The lowest BCUT2D eigenvalue weighted by Crippen LogP contribution is -2.51. The minimum absolute atomic E-state index is 0.0639. The lowest BCUT2D eigenvalue weighted by atomic mass is 9.95. The minimum Gasteiger partial charge on any atom is -0.341 e. The highest BCUT2D eigenvalue weighted by Crippen LogP contribution is 2.19. The van der Waals surface area contributed by atoms with E-state index in [-0.39, 0.29) is 23.7 Å². The lowest BCUT2D eigenvalue weighted by molar-refractivity contribution is -0.136. The maximum Gasteiger partial charge on any atom is 0.239 e. The number of nitrogens with zero attached hydrogens (tertiary/aromatic N) is 2. The van der Waals surface area contributed by atoms with Crippen molar-refractivity contribution in [2.24, 2.45) is 17.6 Å². The lowest BCUT2D eigenvalue weighted by Gasteiger charge is -2.34. The number of aryl methyl sites for hydroxylation is 1. The third-order valence-electron chi connectivity index (χ3n) is 4.27. The second kappa shape index (κ2) is 7.55. The monoisotopic (exact) mass is 318 g/mol. The molecular weight excluding hydrogens is 292 g/mol. The molecule has 1 unspecified atom stereocenters. The van der Waals surface area contributed by atoms with Gasteiger partial charge in [-0.3, -0.25) is 9.59 Å². The number of hydrogen-bond donors (Lipinski definition) is 2. The standard InChI is InChI=1S/C17H26N4O2/c1-11(2)15(18)17(23)21-8-4-5-13(10-21)16(22)20-14-7-6-12(3)9-19-14/h6-7,9,11,13,15H,4-5,8,10,18H2,1-3H3,(H,19,20,22)/t13?,15-/m0/s1. The third kappa shape index (κ3) is 4.51. The highest BCUT2D eigenvalue weighted by molar-refractivity contribution is 5.92. The van der Waals surface area contributed by atoms with E-state index in [1.165, 1.54) is 0 Å². The predicted molar refractivity (Wildman–Crippen MR) is 89.7 cm³/mol. The summed E-state index contributed by atoms with van der Waals surface area (Å²) in [5, 5.41) is 2.83. The van der Waals surface area contributed by atoms with Crippen LogP contribution in [0.1, 0.15) is 32.3 Å². The number of pyridine rings is 1. The fraction of sp³-hybridized carbons (Fsp3) is 0.588. The van der Waals surface area contributed by atoms with Crippen LogP contribution in [0.2, 0.25) is 0 Å². The van der Waals surface area contributed by atoms with Gasteiger partial charge >= 0.3 is 0 Å². The molecular formula is C17H26N4O2. The Morgan fingerprint density at radius 3 is 2.74 bits per heavy atom. The van der Waals surface area contributed by atoms with E-state index in [0.717, 1.165) is 18.4 Å². The van der Waals surface area contributed by atoms with Crippen LogP contribution >= 0.6 is 0 Å². The van der Waals surface area contributed by atoms with E-state index in [1.807, 2.05) is 26.8 Å². The molecule has 1 aromatic heterocycles. The van der Waals surface area contributed by atoms with E-state index < -0.39 is 6.04 Å². The Bertz CT molecular complexity index is 556. The largest absolute Gasteiger partial charge is 0.341 e. The van der Waals surface area contributed by atoms with Gasteiger partial charge < -0.3 is 16.0 Å². The Balaban J connectivity index is 1.96. The van der Waals surface area contributed by atoms with E-state index in [1.54, 1.807) is 17.2 Å². The van der Waals surface area contributed by atoms with Gasteiger partial charge in [0.25, 0.3) is 0 Å². The number of amides is 2. The Kier molecular flexibility index (Phi) is 5.71. The van der Waals surface area contributed by atoms with Crippen molar-refractivity contribution < 1.29 is 9.59 Å². The Morgan fingerprint density at radius 2 is 2.13 bits per heavy atom. The fourth-order valence-electron chi connectivity index (χ4n) is 2.66. The van der Waals surface area contributed by atoms with Crippen molar-refractivity contribution in [2.45, 2.75) is 39.7 Å². The van der Waals surface area contributed by atoms with Crippen LogP contribution < -0.4 is 11.1 Å². The first kappa shape index (κ1) is 17.4. The summed E-state index contributed by atoms with van der Waals surface area (Å²) in [4.78, 5) is 30.7. The zero-order valence-electron chi connectivity index (χ0n) is 14.1. The van der Waals surface area contributed by atoms with Gasteiger partial charge in [0, 0.05) is 19.3 Å². The number of nitrogens with two attached hydrogens (primary N) is 1. The molecule has 1 aliphatic rings. The first-order valence-electron chi connectivity index (χ1n) is 8.16. The number of likely N-dealkylation sites (tertiary alicyclic amines) is 1. The third-order valence-corrected chi connectivity index (χ3v) is 4.27. The average Bonchev–Trinajstić information content (AvgIpc) is 2.55. The van der Waals surface area contributed by atoms with Crippen molar-refractivity contribution in [1.82, 2.24) is 9.88 Å². The molecule has 126 valence electrons. The van der Waals surface area contributed by atoms with Crippen molar-refractivity contribution in [3.63, 3.8) is 0 Å². The first-order valence-corrected chi connectivity index (χ1v) is 8.16. The van der Waals surface area contributed by atoms with Crippen LogP contribution in [0.3, 0.4) is 0 Å². The number of nitrogens with one attached hydrogen (secondary N) is 1. The summed E-state index contributed by atoms with van der Waals surface area (Å²) in [6.07, 6.45) is 3.31. The van der Waals surface area contributed by atoms with Gasteiger partial charge in [-0.25, -0.2) is 4.98 Å².